The summed E-state index contributed by atoms with van der Waals surface area (Å²) in [6, 6.07) is 2.23. The predicted octanol–water partition coefficient (Wildman–Crippen LogP) is 2.62. The van der Waals surface area contributed by atoms with Crippen LogP contribution in [0.3, 0.4) is 0 Å². The van der Waals surface area contributed by atoms with E-state index < -0.39 is 0 Å². The van der Waals surface area contributed by atoms with E-state index >= 15 is 0 Å². The number of aliphatic hydroxyl groups excluding tert-OH is 1. The largest absolute Gasteiger partial charge is 0.395 e. The maximum atomic E-state index is 9.12. The normalized spacial score (nSPS) is 13.5. The van der Waals surface area contributed by atoms with Crippen molar-refractivity contribution in [3.63, 3.8) is 0 Å². The first-order valence-corrected chi connectivity index (χ1v) is 6.38. The Labute approximate surface area is 97.5 Å². The van der Waals surface area contributed by atoms with Gasteiger partial charge in [0, 0.05) is 21.9 Å². The van der Waals surface area contributed by atoms with Gasteiger partial charge in [0.2, 0.25) is 0 Å². The van der Waals surface area contributed by atoms with Crippen LogP contribution in [0.5, 0.6) is 0 Å². The third kappa shape index (κ3) is 3.35. The van der Waals surface area contributed by atoms with Gasteiger partial charge in [-0.15, -0.1) is 11.3 Å². The Bertz CT molecular complexity index is 275. The summed E-state index contributed by atoms with van der Waals surface area (Å²) in [6.07, 6.45) is 0. The van der Waals surface area contributed by atoms with Crippen LogP contribution in [0, 0.1) is 5.92 Å². The fourth-order valence-corrected chi connectivity index (χ4v) is 2.63. The Hall–Kier alpha value is 0.100. The quantitative estimate of drug-likeness (QED) is 0.867. The van der Waals surface area contributed by atoms with Crippen molar-refractivity contribution < 1.29 is 5.11 Å². The van der Waals surface area contributed by atoms with E-state index in [2.05, 4.69) is 40.5 Å². The van der Waals surface area contributed by atoms with Gasteiger partial charge in [-0.3, -0.25) is 0 Å². The monoisotopic (exact) mass is 277 g/mol. The molecule has 1 aromatic rings. The summed E-state index contributed by atoms with van der Waals surface area (Å²) in [7, 11) is 0. The Balaban J connectivity index is 2.43. The van der Waals surface area contributed by atoms with Crippen LogP contribution in [0.25, 0.3) is 0 Å². The number of rotatable bonds is 5. The van der Waals surface area contributed by atoms with Crippen LogP contribution in [-0.2, 0) is 6.54 Å². The van der Waals surface area contributed by atoms with Crippen LogP contribution in [0.15, 0.2) is 15.9 Å². The minimum Gasteiger partial charge on any atom is -0.395 e. The molecule has 0 radical (unpaired) electrons. The third-order valence-electron chi connectivity index (χ3n) is 2.22. The Morgan fingerprint density at radius 2 is 2.29 bits per heavy atom. The highest BCUT2D eigenvalue weighted by Gasteiger charge is 2.11. The Morgan fingerprint density at radius 1 is 1.57 bits per heavy atom. The van der Waals surface area contributed by atoms with Gasteiger partial charge in [-0.1, -0.05) is 13.8 Å². The van der Waals surface area contributed by atoms with Crippen molar-refractivity contribution in [3.8, 4) is 0 Å². The third-order valence-corrected chi connectivity index (χ3v) is 4.14. The molecule has 0 saturated heterocycles. The van der Waals surface area contributed by atoms with Crippen molar-refractivity contribution in [2.75, 3.05) is 6.61 Å². The zero-order chi connectivity index (χ0) is 10.6. The molecule has 80 valence electrons. The van der Waals surface area contributed by atoms with Crippen molar-refractivity contribution in [2.24, 2.45) is 5.92 Å². The second-order valence-electron chi connectivity index (χ2n) is 3.61. The predicted molar refractivity (Wildman–Crippen MR) is 64.6 cm³/mol. The van der Waals surface area contributed by atoms with Crippen LogP contribution in [0.4, 0.5) is 0 Å². The van der Waals surface area contributed by atoms with Crippen LogP contribution < -0.4 is 5.32 Å². The first-order valence-electron chi connectivity index (χ1n) is 4.71. The van der Waals surface area contributed by atoms with Gasteiger partial charge in [0.15, 0.2) is 0 Å². The molecule has 0 amide bonds. The van der Waals surface area contributed by atoms with Crippen molar-refractivity contribution in [3.05, 3.63) is 20.8 Å². The number of aliphatic hydroxyl groups is 1. The van der Waals surface area contributed by atoms with E-state index in [1.54, 1.807) is 11.3 Å². The van der Waals surface area contributed by atoms with Gasteiger partial charge in [-0.05, 0) is 33.3 Å². The number of hydrogen-bond donors (Lipinski definition) is 2. The molecule has 14 heavy (non-hydrogen) atoms. The standard InChI is InChI=1S/C10H16BrNOS/c1-7(2)9(6-13)12-5-10-8(11)3-4-14-10/h3-4,7,9,12-13H,5-6H2,1-2H3/t9-/m1/s1. The highest BCUT2D eigenvalue weighted by Crippen LogP contribution is 2.22. The molecule has 1 heterocycles. The number of halogens is 1. The lowest BCUT2D eigenvalue weighted by Gasteiger charge is -2.19. The van der Waals surface area contributed by atoms with E-state index in [9.17, 15) is 0 Å². The van der Waals surface area contributed by atoms with Crippen molar-refractivity contribution in [2.45, 2.75) is 26.4 Å². The highest BCUT2D eigenvalue weighted by molar-refractivity contribution is 9.10. The molecule has 2 N–H and O–H groups in total. The number of thiophene rings is 1. The summed E-state index contributed by atoms with van der Waals surface area (Å²) in [5.41, 5.74) is 0. The molecule has 0 aliphatic heterocycles. The molecule has 4 heteroatoms. The van der Waals surface area contributed by atoms with E-state index in [4.69, 9.17) is 5.11 Å². The molecule has 0 unspecified atom stereocenters. The molecule has 0 bridgehead atoms. The van der Waals surface area contributed by atoms with E-state index in [0.29, 0.717) is 5.92 Å². The van der Waals surface area contributed by atoms with Crippen LogP contribution >= 0.6 is 27.3 Å². The molecular formula is C10H16BrNOS. The minimum atomic E-state index is 0.184. The molecule has 2 nitrogen and oxygen atoms in total. The lowest BCUT2D eigenvalue weighted by atomic mass is 10.1. The van der Waals surface area contributed by atoms with E-state index in [-0.39, 0.29) is 12.6 Å². The number of hydrogen-bond acceptors (Lipinski definition) is 3. The maximum Gasteiger partial charge on any atom is 0.0587 e. The molecule has 0 saturated carbocycles. The summed E-state index contributed by atoms with van der Waals surface area (Å²) in [4.78, 5) is 1.28. The van der Waals surface area contributed by atoms with E-state index in [0.717, 1.165) is 11.0 Å². The summed E-state index contributed by atoms with van der Waals surface area (Å²) in [5, 5.41) is 14.5. The maximum absolute atomic E-state index is 9.12. The Morgan fingerprint density at radius 3 is 2.71 bits per heavy atom. The summed E-state index contributed by atoms with van der Waals surface area (Å²) < 4.78 is 1.15. The van der Waals surface area contributed by atoms with Crippen LogP contribution in [0.2, 0.25) is 0 Å². The average Bonchev–Trinajstić information content (AvgIpc) is 2.52. The van der Waals surface area contributed by atoms with Gasteiger partial charge in [0.1, 0.15) is 0 Å². The highest BCUT2D eigenvalue weighted by atomic mass is 79.9. The van der Waals surface area contributed by atoms with Crippen LogP contribution in [0.1, 0.15) is 18.7 Å². The molecule has 1 atom stereocenters. The lowest BCUT2D eigenvalue weighted by Crippen LogP contribution is -2.36. The molecular weight excluding hydrogens is 262 g/mol. The topological polar surface area (TPSA) is 32.3 Å². The van der Waals surface area contributed by atoms with Gasteiger partial charge in [0.25, 0.3) is 0 Å². The first-order chi connectivity index (χ1) is 6.65. The van der Waals surface area contributed by atoms with Crippen molar-refractivity contribution >= 4 is 27.3 Å². The summed E-state index contributed by atoms with van der Waals surface area (Å²) in [6.45, 7) is 5.23. The molecule has 0 aromatic carbocycles. The smallest absolute Gasteiger partial charge is 0.0587 e. The lowest BCUT2D eigenvalue weighted by molar-refractivity contribution is 0.210. The molecule has 1 aromatic heterocycles. The second-order valence-corrected chi connectivity index (χ2v) is 5.46. The average molecular weight is 278 g/mol. The minimum absolute atomic E-state index is 0.184. The molecule has 0 spiro atoms. The molecule has 0 fully saturated rings. The number of nitrogens with one attached hydrogen (secondary N) is 1. The van der Waals surface area contributed by atoms with Crippen molar-refractivity contribution in [1.82, 2.24) is 5.32 Å². The molecule has 0 aliphatic carbocycles. The van der Waals surface area contributed by atoms with Gasteiger partial charge in [-0.25, -0.2) is 0 Å². The van der Waals surface area contributed by atoms with Crippen molar-refractivity contribution in [1.29, 1.82) is 0 Å². The fraction of sp³-hybridized carbons (Fsp3) is 0.600. The van der Waals surface area contributed by atoms with E-state index in [1.807, 2.05) is 6.07 Å². The molecule has 0 aliphatic rings. The van der Waals surface area contributed by atoms with Gasteiger partial charge < -0.3 is 10.4 Å². The second kappa shape index (κ2) is 5.85. The first kappa shape index (κ1) is 12.2. The van der Waals surface area contributed by atoms with E-state index in [1.165, 1.54) is 4.88 Å². The van der Waals surface area contributed by atoms with Gasteiger partial charge >= 0.3 is 0 Å². The summed E-state index contributed by atoms with van der Waals surface area (Å²) in [5.74, 6) is 0.457. The zero-order valence-electron chi connectivity index (χ0n) is 8.46. The SMILES string of the molecule is CC(C)[C@@H](CO)NCc1sccc1Br. The molecule has 1 rings (SSSR count). The zero-order valence-corrected chi connectivity index (χ0v) is 10.9. The Kier molecular flexibility index (Phi) is 5.09. The van der Waals surface area contributed by atoms with Gasteiger partial charge in [0.05, 0.1) is 6.61 Å². The summed E-state index contributed by atoms with van der Waals surface area (Å²) >= 11 is 5.21. The van der Waals surface area contributed by atoms with Crippen LogP contribution in [-0.4, -0.2) is 17.8 Å². The van der Waals surface area contributed by atoms with Gasteiger partial charge in [-0.2, -0.15) is 0 Å². The fourth-order valence-electron chi connectivity index (χ4n) is 1.19.